The lowest BCUT2D eigenvalue weighted by molar-refractivity contribution is -0.255. The number of aromatic hydroxyl groups is 1. The fraction of sp³-hybridized carbons (Fsp3) is 0.233. The lowest BCUT2D eigenvalue weighted by Gasteiger charge is -2.43. The summed E-state index contributed by atoms with van der Waals surface area (Å²) in [6, 6.07) is 40.8. The highest BCUT2D eigenvalue weighted by molar-refractivity contribution is 7.99. The van der Waals surface area contributed by atoms with Gasteiger partial charge in [0, 0.05) is 23.8 Å². The van der Waals surface area contributed by atoms with E-state index in [-0.39, 0.29) is 36.7 Å². The van der Waals surface area contributed by atoms with Gasteiger partial charge in [-0.2, -0.15) is 4.68 Å². The molecular formula is C43H42N6O6S. The van der Waals surface area contributed by atoms with Crippen molar-refractivity contribution in [2.75, 3.05) is 5.75 Å². The van der Waals surface area contributed by atoms with Crippen molar-refractivity contribution >= 4 is 23.6 Å². The second-order valence-corrected chi connectivity index (χ2v) is 14.5. The highest BCUT2D eigenvalue weighted by Crippen LogP contribution is 2.48. The highest BCUT2D eigenvalue weighted by Gasteiger charge is 2.42. The molecule has 0 saturated carbocycles. The molecule has 286 valence electrons. The Morgan fingerprint density at radius 3 is 2.12 bits per heavy atom. The topological polar surface area (TPSA) is 161 Å². The van der Waals surface area contributed by atoms with Crippen LogP contribution in [0.2, 0.25) is 0 Å². The third-order valence-electron chi connectivity index (χ3n) is 9.67. The molecule has 6 aromatic rings. The van der Waals surface area contributed by atoms with Crippen molar-refractivity contribution in [3.8, 4) is 11.4 Å². The first-order chi connectivity index (χ1) is 27.3. The number of carbonyl (C=O) groups excluding carboxylic acids is 2. The average Bonchev–Trinajstić information content (AvgIpc) is 3.71. The molecule has 2 heterocycles. The molecule has 0 bridgehead atoms. The number of hydrogen-bond donors (Lipinski definition) is 4. The molecule has 1 saturated heterocycles. The van der Waals surface area contributed by atoms with Crippen molar-refractivity contribution in [3.63, 3.8) is 0 Å². The Hall–Kier alpha value is -5.86. The van der Waals surface area contributed by atoms with E-state index in [0.717, 1.165) is 33.4 Å². The van der Waals surface area contributed by atoms with Gasteiger partial charge in [0.2, 0.25) is 5.16 Å². The quantitative estimate of drug-likeness (QED) is 0.0890. The van der Waals surface area contributed by atoms with Gasteiger partial charge in [0.15, 0.2) is 12.1 Å². The normalized spacial score (nSPS) is 18.5. The summed E-state index contributed by atoms with van der Waals surface area (Å²) in [5.74, 6) is 0.283. The van der Waals surface area contributed by atoms with Gasteiger partial charge in [0.25, 0.3) is 0 Å². The van der Waals surface area contributed by atoms with E-state index in [1.54, 1.807) is 28.9 Å². The number of phenols is 1. The smallest absolute Gasteiger partial charge is 0.315 e. The van der Waals surface area contributed by atoms with Crippen LogP contribution in [0.25, 0.3) is 5.69 Å². The Bertz CT molecular complexity index is 2190. The zero-order valence-electron chi connectivity index (χ0n) is 30.6. The first-order valence-electron chi connectivity index (χ1n) is 18.3. The lowest BCUT2D eigenvalue weighted by atomic mass is 9.84. The number of phenolic OH excluding ortho intramolecular Hbond substituents is 1. The van der Waals surface area contributed by atoms with Gasteiger partial charge in [0.05, 0.1) is 30.5 Å². The zero-order valence-corrected chi connectivity index (χ0v) is 31.5. The maximum absolute atomic E-state index is 12.8. The molecule has 4 N–H and O–H groups in total. The summed E-state index contributed by atoms with van der Waals surface area (Å²) in [6.45, 7) is 1.66. The average molecular weight is 771 g/mol. The number of benzene rings is 5. The second-order valence-electron chi connectivity index (χ2n) is 13.5. The number of carbonyl (C=O) groups is 2. The summed E-state index contributed by atoms with van der Waals surface area (Å²) >= 11 is 1.46. The van der Waals surface area contributed by atoms with E-state index in [2.05, 4.69) is 38.3 Å². The number of amides is 2. The van der Waals surface area contributed by atoms with E-state index in [1.807, 2.05) is 97.1 Å². The number of ketones is 1. The fourth-order valence-corrected chi connectivity index (χ4v) is 7.62. The van der Waals surface area contributed by atoms with E-state index in [9.17, 15) is 19.8 Å². The number of Topliss-reactive ketones (excluding diaryl/α,β-unsaturated/α-hetero) is 1. The van der Waals surface area contributed by atoms with Crippen molar-refractivity contribution < 1.29 is 29.3 Å². The van der Waals surface area contributed by atoms with Gasteiger partial charge in [-0.3, -0.25) is 4.79 Å². The molecular weight excluding hydrogens is 729 g/mol. The van der Waals surface area contributed by atoms with Crippen molar-refractivity contribution in [1.82, 2.24) is 30.8 Å². The predicted molar refractivity (Wildman–Crippen MR) is 211 cm³/mol. The van der Waals surface area contributed by atoms with Gasteiger partial charge in [0.1, 0.15) is 5.75 Å². The van der Waals surface area contributed by atoms with Crippen LogP contribution >= 0.6 is 11.8 Å². The molecule has 0 radical (unpaired) electrons. The van der Waals surface area contributed by atoms with Crippen LogP contribution in [0.1, 0.15) is 58.6 Å². The number of thioether (sulfide) groups is 1. The zero-order chi connectivity index (χ0) is 38.9. The molecule has 1 unspecified atom stereocenters. The van der Waals surface area contributed by atoms with Gasteiger partial charge in [-0.25, -0.2) is 4.79 Å². The number of hydrogen-bond acceptors (Lipinski definition) is 10. The van der Waals surface area contributed by atoms with Crippen LogP contribution < -0.4 is 10.6 Å². The van der Waals surface area contributed by atoms with E-state index in [4.69, 9.17) is 9.47 Å². The Balaban J connectivity index is 1.10. The predicted octanol–water partition coefficient (Wildman–Crippen LogP) is 6.59. The summed E-state index contributed by atoms with van der Waals surface area (Å²) in [4.78, 5) is 25.1. The molecule has 0 aliphatic carbocycles. The maximum Gasteiger partial charge on any atom is 0.315 e. The van der Waals surface area contributed by atoms with Crippen LogP contribution in [-0.4, -0.2) is 60.1 Å². The molecule has 1 fully saturated rings. The third-order valence-corrected chi connectivity index (χ3v) is 10.7. The Morgan fingerprint density at radius 1 is 0.786 bits per heavy atom. The Labute approximate surface area is 328 Å². The largest absolute Gasteiger partial charge is 0.508 e. The highest BCUT2D eigenvalue weighted by atomic mass is 32.2. The van der Waals surface area contributed by atoms with Crippen molar-refractivity contribution in [1.29, 1.82) is 0 Å². The van der Waals surface area contributed by atoms with Crippen molar-refractivity contribution in [2.45, 2.75) is 62.1 Å². The Kier molecular flexibility index (Phi) is 12.5. The monoisotopic (exact) mass is 770 g/mol. The fourth-order valence-electron chi connectivity index (χ4n) is 6.66. The van der Waals surface area contributed by atoms with Crippen LogP contribution in [0, 0.1) is 0 Å². The molecule has 5 atom stereocenters. The third kappa shape index (κ3) is 9.50. The minimum Gasteiger partial charge on any atom is -0.508 e. The second kappa shape index (κ2) is 18.2. The summed E-state index contributed by atoms with van der Waals surface area (Å²) in [7, 11) is 0. The van der Waals surface area contributed by atoms with Gasteiger partial charge in [-0.05, 0) is 75.9 Å². The number of tetrazole rings is 1. The van der Waals surface area contributed by atoms with Crippen LogP contribution in [0.4, 0.5) is 4.79 Å². The molecule has 1 aliphatic heterocycles. The minimum atomic E-state index is -0.740. The first kappa shape index (κ1) is 38.4. The number of nitrogens with zero attached hydrogens (tertiary/aromatic N) is 4. The van der Waals surface area contributed by atoms with Crippen molar-refractivity contribution in [2.24, 2.45) is 0 Å². The lowest BCUT2D eigenvalue weighted by Crippen LogP contribution is -2.46. The van der Waals surface area contributed by atoms with Crippen LogP contribution in [0.15, 0.2) is 139 Å². The maximum atomic E-state index is 12.8. The molecule has 5 aromatic carbocycles. The SMILES string of the molecule is CC(=O)[C@@H](Cc1ccccc1)NC(=O)NCc1ccc(C2O[C@H](CSc3nnnn3-c3ccc(O)cc3)[C@@H](c3ccccc3)[C@H](c3ccc(CO)cc3)O2)cc1. The molecule has 13 heteroatoms. The number of rotatable bonds is 14. The van der Waals surface area contributed by atoms with E-state index in [1.165, 1.54) is 18.7 Å². The van der Waals surface area contributed by atoms with Crippen LogP contribution in [0.3, 0.4) is 0 Å². The molecule has 0 spiro atoms. The summed E-state index contributed by atoms with van der Waals surface area (Å²) in [5.41, 5.74) is 6.11. The molecule has 7 rings (SSSR count). The summed E-state index contributed by atoms with van der Waals surface area (Å²) in [5, 5.41) is 38.2. The number of ether oxygens (including phenoxy) is 2. The minimum absolute atomic E-state index is 0.0669. The summed E-state index contributed by atoms with van der Waals surface area (Å²) < 4.78 is 15.3. The summed E-state index contributed by atoms with van der Waals surface area (Å²) in [6.07, 6.45) is -1.12. The van der Waals surface area contributed by atoms with E-state index < -0.39 is 24.5 Å². The van der Waals surface area contributed by atoms with Crippen LogP contribution in [0.5, 0.6) is 5.75 Å². The van der Waals surface area contributed by atoms with Gasteiger partial charge in [-0.15, -0.1) is 5.10 Å². The number of urea groups is 1. The first-order valence-corrected chi connectivity index (χ1v) is 19.3. The molecule has 2 amide bonds. The van der Waals surface area contributed by atoms with Crippen molar-refractivity contribution in [3.05, 3.63) is 167 Å². The molecule has 12 nitrogen and oxygen atoms in total. The van der Waals surface area contributed by atoms with E-state index in [0.29, 0.717) is 23.0 Å². The van der Waals surface area contributed by atoms with Gasteiger partial charge in [-0.1, -0.05) is 121 Å². The number of aromatic nitrogens is 4. The standard InChI is InChI=1S/C43H42N6O6S/c1-28(51)37(24-29-8-4-2-5-9-29)45-42(53)44-25-30-12-18-34(19-13-30)41-54-38(27-56-43-46-47-48-49(43)35-20-22-36(52)23-21-35)39(32-10-6-3-7-11-32)40(55-41)33-16-14-31(26-50)15-17-33/h2-23,37-41,50,52H,24-27H2,1H3,(H2,44,45,53)/t37-,38-,39-,40+,41?/m1/s1. The van der Waals surface area contributed by atoms with E-state index >= 15 is 0 Å². The number of nitrogens with one attached hydrogen (secondary N) is 2. The molecule has 1 aromatic heterocycles. The number of aliphatic hydroxyl groups excluding tert-OH is 1. The Morgan fingerprint density at radius 2 is 1.45 bits per heavy atom. The molecule has 56 heavy (non-hydrogen) atoms. The number of aliphatic hydroxyl groups is 1. The van der Waals surface area contributed by atoms with Gasteiger partial charge < -0.3 is 30.3 Å². The van der Waals surface area contributed by atoms with Crippen LogP contribution in [-0.2, 0) is 33.8 Å². The van der Waals surface area contributed by atoms with Gasteiger partial charge >= 0.3 is 6.03 Å². The molecule has 1 aliphatic rings.